The fourth-order valence-corrected chi connectivity index (χ4v) is 2.69. The second-order valence-corrected chi connectivity index (χ2v) is 4.70. The van der Waals surface area contributed by atoms with Crippen molar-refractivity contribution in [1.29, 1.82) is 0 Å². The molecule has 0 unspecified atom stereocenters. The zero-order valence-corrected chi connectivity index (χ0v) is 9.74. The van der Waals surface area contributed by atoms with Crippen LogP contribution in [0, 0.1) is 12.7 Å². The molecule has 0 aliphatic heterocycles. The first-order valence-corrected chi connectivity index (χ1v) is 5.81. The Bertz CT molecular complexity index is 592. The summed E-state index contributed by atoms with van der Waals surface area (Å²) >= 11 is 6.35. The summed E-state index contributed by atoms with van der Waals surface area (Å²) < 4.78 is 13.4. The molecule has 0 saturated heterocycles. The lowest BCUT2D eigenvalue weighted by atomic mass is 10.1. The number of fused-ring (bicyclic) bond motifs is 2. The van der Waals surface area contributed by atoms with E-state index in [1.54, 1.807) is 13.0 Å². The van der Waals surface area contributed by atoms with Crippen LogP contribution < -0.4 is 0 Å². The summed E-state index contributed by atoms with van der Waals surface area (Å²) in [5.41, 5.74) is 3.49. The Morgan fingerprint density at radius 2 is 2.12 bits per heavy atom. The predicted molar refractivity (Wildman–Crippen MR) is 63.5 cm³/mol. The monoisotopic (exact) mass is 235 g/mol. The Kier molecular flexibility index (Phi) is 2.15. The highest BCUT2D eigenvalue weighted by molar-refractivity contribution is 6.36. The molecule has 0 fully saturated rings. The van der Waals surface area contributed by atoms with Gasteiger partial charge in [-0.25, -0.2) is 4.39 Å². The highest BCUT2D eigenvalue weighted by Crippen LogP contribution is 2.34. The van der Waals surface area contributed by atoms with Gasteiger partial charge in [-0.2, -0.15) is 0 Å². The molecule has 3 heteroatoms. The Hall–Kier alpha value is -1.15. The van der Waals surface area contributed by atoms with Crippen LogP contribution in [0.1, 0.15) is 23.2 Å². The topological polar surface area (TPSA) is 12.9 Å². The van der Waals surface area contributed by atoms with Gasteiger partial charge in [-0.15, -0.1) is 0 Å². The number of rotatable bonds is 0. The van der Waals surface area contributed by atoms with Crippen molar-refractivity contribution in [2.45, 2.75) is 26.2 Å². The summed E-state index contributed by atoms with van der Waals surface area (Å²) in [7, 11) is 0. The molecule has 1 aliphatic rings. The predicted octanol–water partition coefficient (Wildman–Crippen LogP) is 3.82. The fourth-order valence-electron chi connectivity index (χ4n) is 2.33. The first-order chi connectivity index (χ1) is 7.66. The molecule has 0 atom stereocenters. The van der Waals surface area contributed by atoms with Gasteiger partial charge in [0.15, 0.2) is 0 Å². The van der Waals surface area contributed by atoms with Crippen molar-refractivity contribution in [2.75, 3.05) is 0 Å². The van der Waals surface area contributed by atoms with E-state index in [2.05, 4.69) is 4.98 Å². The van der Waals surface area contributed by atoms with Crippen LogP contribution in [0.25, 0.3) is 10.9 Å². The van der Waals surface area contributed by atoms with E-state index in [9.17, 15) is 4.39 Å². The molecule has 3 rings (SSSR count). The minimum atomic E-state index is -0.214. The molecule has 0 N–H and O–H groups in total. The molecule has 2 aromatic rings. The Morgan fingerprint density at radius 3 is 2.94 bits per heavy atom. The summed E-state index contributed by atoms with van der Waals surface area (Å²) in [6.45, 7) is 1.75. The molecule has 82 valence electrons. The molecule has 0 amide bonds. The van der Waals surface area contributed by atoms with Gasteiger partial charge in [-0.1, -0.05) is 11.6 Å². The number of halogens is 2. The Balaban J connectivity index is 2.41. The molecule has 16 heavy (non-hydrogen) atoms. The van der Waals surface area contributed by atoms with E-state index in [1.807, 2.05) is 0 Å². The second kappa shape index (κ2) is 3.42. The number of hydrogen-bond acceptors (Lipinski definition) is 1. The average Bonchev–Trinajstić information content (AvgIpc) is 2.70. The molecule has 1 nitrogen and oxygen atoms in total. The van der Waals surface area contributed by atoms with Gasteiger partial charge in [0.05, 0.1) is 10.5 Å². The van der Waals surface area contributed by atoms with Gasteiger partial charge in [0, 0.05) is 17.1 Å². The number of aryl methyl sites for hydroxylation is 2. The van der Waals surface area contributed by atoms with Crippen molar-refractivity contribution >= 4 is 22.5 Å². The van der Waals surface area contributed by atoms with Crippen LogP contribution in [0.15, 0.2) is 12.1 Å². The standard InChI is InChI=1S/C13H11ClFN/c1-7-5-9-12(6-10(7)15)16-11-4-2-3-8(11)13(9)14/h5-6H,2-4H2,1H3. The van der Waals surface area contributed by atoms with Gasteiger partial charge in [0.2, 0.25) is 0 Å². The maximum atomic E-state index is 13.4. The highest BCUT2D eigenvalue weighted by atomic mass is 35.5. The van der Waals surface area contributed by atoms with Crippen LogP contribution in [-0.4, -0.2) is 4.98 Å². The lowest BCUT2D eigenvalue weighted by molar-refractivity contribution is 0.620. The van der Waals surface area contributed by atoms with Gasteiger partial charge >= 0.3 is 0 Å². The first kappa shape index (κ1) is 10.0. The normalized spacial score (nSPS) is 14.4. The van der Waals surface area contributed by atoms with E-state index in [0.717, 1.165) is 40.9 Å². The maximum absolute atomic E-state index is 13.4. The lowest BCUT2D eigenvalue weighted by Gasteiger charge is -2.08. The van der Waals surface area contributed by atoms with Crippen molar-refractivity contribution in [1.82, 2.24) is 4.98 Å². The number of hydrogen-bond donors (Lipinski definition) is 0. The second-order valence-electron chi connectivity index (χ2n) is 4.32. The van der Waals surface area contributed by atoms with E-state index in [-0.39, 0.29) is 5.82 Å². The third kappa shape index (κ3) is 1.33. The molecule has 1 aromatic heterocycles. The van der Waals surface area contributed by atoms with E-state index in [1.165, 1.54) is 6.07 Å². The fraction of sp³-hybridized carbons (Fsp3) is 0.308. The average molecular weight is 236 g/mol. The molecular formula is C13H11ClFN. The van der Waals surface area contributed by atoms with Crippen molar-refractivity contribution in [2.24, 2.45) is 0 Å². The minimum Gasteiger partial charge on any atom is -0.252 e. The molecule has 1 aliphatic carbocycles. The minimum absolute atomic E-state index is 0.214. The van der Waals surface area contributed by atoms with Crippen molar-refractivity contribution in [3.63, 3.8) is 0 Å². The molecule has 0 spiro atoms. The maximum Gasteiger partial charge on any atom is 0.128 e. The number of benzene rings is 1. The lowest BCUT2D eigenvalue weighted by Crippen LogP contribution is -1.94. The molecule has 1 heterocycles. The summed E-state index contributed by atoms with van der Waals surface area (Å²) in [4.78, 5) is 4.49. The summed E-state index contributed by atoms with van der Waals surface area (Å²) in [6, 6.07) is 3.27. The third-order valence-electron chi connectivity index (χ3n) is 3.22. The van der Waals surface area contributed by atoms with E-state index >= 15 is 0 Å². The van der Waals surface area contributed by atoms with Gasteiger partial charge in [0.25, 0.3) is 0 Å². The van der Waals surface area contributed by atoms with Crippen LogP contribution in [0.5, 0.6) is 0 Å². The third-order valence-corrected chi connectivity index (χ3v) is 3.65. The zero-order valence-electron chi connectivity index (χ0n) is 8.98. The summed E-state index contributed by atoms with van der Waals surface area (Å²) in [5.74, 6) is -0.214. The quantitative estimate of drug-likeness (QED) is 0.676. The van der Waals surface area contributed by atoms with Crippen molar-refractivity contribution in [3.8, 4) is 0 Å². The molecule has 0 saturated carbocycles. The van der Waals surface area contributed by atoms with E-state index in [4.69, 9.17) is 11.6 Å². The molecule has 1 aromatic carbocycles. The number of nitrogens with zero attached hydrogens (tertiary/aromatic N) is 1. The van der Waals surface area contributed by atoms with Crippen molar-refractivity contribution in [3.05, 3.63) is 39.8 Å². The van der Waals surface area contributed by atoms with Gasteiger partial charge in [0.1, 0.15) is 5.82 Å². The van der Waals surface area contributed by atoms with Crippen molar-refractivity contribution < 1.29 is 4.39 Å². The largest absolute Gasteiger partial charge is 0.252 e. The van der Waals surface area contributed by atoms with Crippen LogP contribution in [0.4, 0.5) is 4.39 Å². The van der Waals surface area contributed by atoms with E-state index < -0.39 is 0 Å². The van der Waals surface area contributed by atoms with Crippen LogP contribution in [0.3, 0.4) is 0 Å². The Labute approximate surface area is 98.3 Å². The molecular weight excluding hydrogens is 225 g/mol. The van der Waals surface area contributed by atoms with Gasteiger partial charge < -0.3 is 0 Å². The first-order valence-electron chi connectivity index (χ1n) is 5.44. The number of aromatic nitrogens is 1. The van der Waals surface area contributed by atoms with Crippen LogP contribution >= 0.6 is 11.6 Å². The zero-order chi connectivity index (χ0) is 11.3. The van der Waals surface area contributed by atoms with Gasteiger partial charge in [-0.3, -0.25) is 4.98 Å². The van der Waals surface area contributed by atoms with E-state index in [0.29, 0.717) is 11.1 Å². The van der Waals surface area contributed by atoms with Gasteiger partial charge in [-0.05, 0) is 43.4 Å². The highest BCUT2D eigenvalue weighted by Gasteiger charge is 2.18. The molecule has 0 bridgehead atoms. The Morgan fingerprint density at radius 1 is 1.31 bits per heavy atom. The summed E-state index contributed by atoms with van der Waals surface area (Å²) in [5, 5.41) is 1.64. The number of pyridine rings is 1. The van der Waals surface area contributed by atoms with Crippen LogP contribution in [0.2, 0.25) is 5.02 Å². The molecule has 0 radical (unpaired) electrons. The SMILES string of the molecule is Cc1cc2c(Cl)c3c(nc2cc1F)CCC3. The smallest absolute Gasteiger partial charge is 0.128 e. The summed E-state index contributed by atoms with van der Waals surface area (Å²) in [6.07, 6.45) is 3.05. The van der Waals surface area contributed by atoms with Crippen LogP contribution in [-0.2, 0) is 12.8 Å².